The second-order valence-electron chi connectivity index (χ2n) is 6.27. The second-order valence-corrected chi connectivity index (χ2v) is 8.75. The standard InChI is InChI=1S/C19H17BrN4O5S/c1-27-15-5-3-6-16(28-2)18(15)30(25,26)23-19-13-10-14(20)12(9-17(13)29-22-19)11-24-8-4-7-21-24/h3-10H,11H2,1-2H3,(H,22,23). The van der Waals surface area contributed by atoms with Crippen LogP contribution in [-0.2, 0) is 16.6 Å². The smallest absolute Gasteiger partial charge is 0.270 e. The van der Waals surface area contributed by atoms with Gasteiger partial charge in [0.25, 0.3) is 10.0 Å². The first-order valence-corrected chi connectivity index (χ1v) is 11.0. The molecule has 11 heteroatoms. The summed E-state index contributed by atoms with van der Waals surface area (Å²) >= 11 is 3.52. The zero-order chi connectivity index (χ0) is 21.3. The highest BCUT2D eigenvalue weighted by atomic mass is 79.9. The van der Waals surface area contributed by atoms with Gasteiger partial charge in [0.2, 0.25) is 0 Å². The highest BCUT2D eigenvalue weighted by molar-refractivity contribution is 9.10. The molecule has 0 spiro atoms. The van der Waals surface area contributed by atoms with Gasteiger partial charge < -0.3 is 14.0 Å². The van der Waals surface area contributed by atoms with Crippen molar-refractivity contribution in [2.75, 3.05) is 18.9 Å². The Bertz CT molecular complexity index is 1280. The first-order chi connectivity index (χ1) is 14.4. The molecule has 2 aromatic heterocycles. The molecular weight excluding hydrogens is 476 g/mol. The molecule has 1 N–H and O–H groups in total. The summed E-state index contributed by atoms with van der Waals surface area (Å²) in [6, 6.07) is 10.1. The summed E-state index contributed by atoms with van der Waals surface area (Å²) in [7, 11) is -1.30. The highest BCUT2D eigenvalue weighted by Crippen LogP contribution is 2.36. The summed E-state index contributed by atoms with van der Waals surface area (Å²) < 4.78 is 47.0. The van der Waals surface area contributed by atoms with Crippen molar-refractivity contribution in [2.45, 2.75) is 11.4 Å². The van der Waals surface area contributed by atoms with Gasteiger partial charge in [0.15, 0.2) is 16.3 Å². The van der Waals surface area contributed by atoms with Crippen LogP contribution in [0.1, 0.15) is 5.56 Å². The molecule has 0 aliphatic rings. The predicted molar refractivity (Wildman–Crippen MR) is 113 cm³/mol. The molecule has 0 fully saturated rings. The van der Waals surface area contributed by atoms with E-state index in [0.29, 0.717) is 17.5 Å². The SMILES string of the molecule is COc1cccc(OC)c1S(=O)(=O)Nc1noc2cc(Cn3cccn3)c(Br)cc12. The number of methoxy groups -OCH3 is 2. The fraction of sp³-hybridized carbons (Fsp3) is 0.158. The number of hydrogen-bond donors (Lipinski definition) is 1. The molecule has 0 aliphatic heterocycles. The number of nitrogens with zero attached hydrogens (tertiary/aromatic N) is 3. The Balaban J connectivity index is 1.72. The normalized spacial score (nSPS) is 11.6. The van der Waals surface area contributed by atoms with Gasteiger partial charge in [-0.3, -0.25) is 9.40 Å². The van der Waals surface area contributed by atoms with Gasteiger partial charge >= 0.3 is 0 Å². The summed E-state index contributed by atoms with van der Waals surface area (Å²) in [6.45, 7) is 0.518. The molecule has 2 aromatic carbocycles. The van der Waals surface area contributed by atoms with E-state index in [-0.39, 0.29) is 22.2 Å². The fourth-order valence-corrected chi connectivity index (χ4v) is 4.83. The Kier molecular flexibility index (Phi) is 5.39. The molecule has 9 nitrogen and oxygen atoms in total. The van der Waals surface area contributed by atoms with Crippen LogP contribution in [0, 0.1) is 0 Å². The average molecular weight is 493 g/mol. The van der Waals surface area contributed by atoms with Crippen LogP contribution in [0.4, 0.5) is 5.82 Å². The van der Waals surface area contributed by atoms with Crippen LogP contribution in [0.25, 0.3) is 11.0 Å². The van der Waals surface area contributed by atoms with Gasteiger partial charge in [0.05, 0.1) is 26.2 Å². The van der Waals surface area contributed by atoms with E-state index in [1.807, 2.05) is 12.3 Å². The number of hydrogen-bond acceptors (Lipinski definition) is 7. The lowest BCUT2D eigenvalue weighted by atomic mass is 10.1. The van der Waals surface area contributed by atoms with Gasteiger partial charge in [-0.15, -0.1) is 0 Å². The lowest BCUT2D eigenvalue weighted by Gasteiger charge is -2.13. The molecule has 0 atom stereocenters. The zero-order valence-electron chi connectivity index (χ0n) is 16.0. The maximum atomic E-state index is 13.1. The number of halogens is 1. The summed E-state index contributed by atoms with van der Waals surface area (Å²) in [6.07, 6.45) is 3.54. The van der Waals surface area contributed by atoms with Crippen molar-refractivity contribution in [3.05, 3.63) is 58.8 Å². The monoisotopic (exact) mass is 492 g/mol. The minimum Gasteiger partial charge on any atom is -0.495 e. The van der Waals surface area contributed by atoms with E-state index in [0.717, 1.165) is 10.0 Å². The Morgan fingerprint density at radius 1 is 1.17 bits per heavy atom. The number of fused-ring (bicyclic) bond motifs is 1. The summed E-state index contributed by atoms with van der Waals surface area (Å²) in [5, 5.41) is 8.60. The van der Waals surface area contributed by atoms with Crippen molar-refractivity contribution < 1.29 is 22.4 Å². The molecule has 0 amide bonds. The van der Waals surface area contributed by atoms with Gasteiger partial charge in [-0.05, 0) is 35.9 Å². The van der Waals surface area contributed by atoms with E-state index in [1.165, 1.54) is 26.4 Å². The highest BCUT2D eigenvalue weighted by Gasteiger charge is 2.27. The topological polar surface area (TPSA) is 108 Å². The van der Waals surface area contributed by atoms with Crippen molar-refractivity contribution in [3.8, 4) is 11.5 Å². The number of nitrogens with one attached hydrogen (secondary N) is 1. The molecule has 0 radical (unpaired) electrons. The Labute approximate surface area is 180 Å². The minimum atomic E-state index is -4.08. The Hall–Kier alpha value is -3.05. The van der Waals surface area contributed by atoms with E-state index < -0.39 is 10.0 Å². The lowest BCUT2D eigenvalue weighted by molar-refractivity contribution is 0.373. The van der Waals surface area contributed by atoms with Crippen LogP contribution in [0.15, 0.2) is 62.7 Å². The van der Waals surface area contributed by atoms with Gasteiger partial charge in [-0.1, -0.05) is 27.2 Å². The van der Waals surface area contributed by atoms with Crippen molar-refractivity contribution in [1.29, 1.82) is 0 Å². The van der Waals surface area contributed by atoms with Crippen molar-refractivity contribution in [2.24, 2.45) is 0 Å². The van der Waals surface area contributed by atoms with Gasteiger partial charge in [-0.2, -0.15) is 5.10 Å². The van der Waals surface area contributed by atoms with E-state index in [2.05, 4.69) is 30.9 Å². The number of rotatable bonds is 7. The molecule has 30 heavy (non-hydrogen) atoms. The third kappa shape index (κ3) is 3.73. The molecule has 4 rings (SSSR count). The summed E-state index contributed by atoms with van der Waals surface area (Å²) in [4.78, 5) is -0.125. The van der Waals surface area contributed by atoms with Crippen molar-refractivity contribution >= 4 is 42.7 Å². The maximum Gasteiger partial charge on any atom is 0.270 e. The number of anilines is 1. The molecule has 0 aliphatic carbocycles. The quantitative estimate of drug-likeness (QED) is 0.419. The molecule has 0 bridgehead atoms. The number of ether oxygens (including phenoxy) is 2. The number of benzene rings is 2. The van der Waals surface area contributed by atoms with E-state index in [4.69, 9.17) is 14.0 Å². The molecule has 0 saturated carbocycles. The van der Waals surface area contributed by atoms with Crippen LogP contribution in [0.5, 0.6) is 11.5 Å². The van der Waals surface area contributed by atoms with Crippen LogP contribution in [0.2, 0.25) is 0 Å². The first-order valence-electron chi connectivity index (χ1n) is 8.72. The molecule has 4 aromatic rings. The van der Waals surface area contributed by atoms with Gasteiger partial charge in [0.1, 0.15) is 11.5 Å². The van der Waals surface area contributed by atoms with Crippen LogP contribution in [0.3, 0.4) is 0 Å². The largest absolute Gasteiger partial charge is 0.495 e. The Morgan fingerprint density at radius 3 is 2.53 bits per heavy atom. The number of sulfonamides is 1. The predicted octanol–water partition coefficient (Wildman–Crippen LogP) is 3.65. The molecule has 0 saturated heterocycles. The van der Waals surface area contributed by atoms with E-state index in [1.54, 1.807) is 29.1 Å². The lowest BCUT2D eigenvalue weighted by Crippen LogP contribution is -2.15. The second kappa shape index (κ2) is 8.00. The van der Waals surface area contributed by atoms with E-state index in [9.17, 15) is 8.42 Å². The molecule has 2 heterocycles. The molecule has 156 valence electrons. The van der Waals surface area contributed by atoms with E-state index >= 15 is 0 Å². The first kappa shape index (κ1) is 20.2. The van der Waals surface area contributed by atoms with Crippen LogP contribution in [-0.4, -0.2) is 37.6 Å². The summed E-state index contributed by atoms with van der Waals surface area (Å²) in [5.41, 5.74) is 1.34. The molecular formula is C19H17BrN4O5S. The minimum absolute atomic E-state index is 0.0595. The van der Waals surface area contributed by atoms with Gasteiger partial charge in [-0.25, -0.2) is 8.42 Å². The molecule has 0 unspecified atom stereocenters. The third-order valence-electron chi connectivity index (χ3n) is 4.41. The zero-order valence-corrected chi connectivity index (χ0v) is 18.4. The van der Waals surface area contributed by atoms with Crippen molar-refractivity contribution in [1.82, 2.24) is 14.9 Å². The fourth-order valence-electron chi connectivity index (χ4n) is 3.02. The Morgan fingerprint density at radius 2 is 1.90 bits per heavy atom. The number of aromatic nitrogens is 3. The summed E-state index contributed by atoms with van der Waals surface area (Å²) in [5.74, 6) is 0.360. The maximum absolute atomic E-state index is 13.1. The van der Waals surface area contributed by atoms with Crippen LogP contribution >= 0.6 is 15.9 Å². The average Bonchev–Trinajstić information content (AvgIpc) is 3.38. The van der Waals surface area contributed by atoms with Crippen LogP contribution < -0.4 is 14.2 Å². The van der Waals surface area contributed by atoms with Crippen molar-refractivity contribution in [3.63, 3.8) is 0 Å². The third-order valence-corrected chi connectivity index (χ3v) is 6.55. The van der Waals surface area contributed by atoms with Gasteiger partial charge in [0, 0.05) is 16.9 Å².